The van der Waals surface area contributed by atoms with Crippen LogP contribution < -0.4 is 5.73 Å². The highest BCUT2D eigenvalue weighted by atomic mass is 127. The summed E-state index contributed by atoms with van der Waals surface area (Å²) in [6, 6.07) is 7.05. The van der Waals surface area contributed by atoms with E-state index >= 15 is 0 Å². The van der Waals surface area contributed by atoms with Crippen molar-refractivity contribution in [3.05, 3.63) is 33.4 Å². The number of carbonyl (C=O) groups is 2. The molecule has 0 saturated heterocycles. The van der Waals surface area contributed by atoms with Gasteiger partial charge in [-0.15, -0.1) is 0 Å². The summed E-state index contributed by atoms with van der Waals surface area (Å²) in [6.07, 6.45) is -0.222. The maximum absolute atomic E-state index is 11.3. The molecule has 0 atom stereocenters. The number of benzene rings is 1. The van der Waals surface area contributed by atoms with Crippen molar-refractivity contribution in [1.82, 2.24) is 0 Å². The van der Waals surface area contributed by atoms with Crippen molar-refractivity contribution in [2.75, 3.05) is 0 Å². The number of rotatable bonds is 3. The molecule has 68 valence electrons. The lowest BCUT2D eigenvalue weighted by Gasteiger charge is -1.98. The average molecular weight is 289 g/mol. The van der Waals surface area contributed by atoms with Crippen LogP contribution in [0.3, 0.4) is 0 Å². The molecule has 0 aliphatic carbocycles. The van der Waals surface area contributed by atoms with Gasteiger partial charge in [0.1, 0.15) is 0 Å². The monoisotopic (exact) mass is 289 g/mol. The van der Waals surface area contributed by atoms with Crippen LogP contribution in [0.2, 0.25) is 0 Å². The van der Waals surface area contributed by atoms with Gasteiger partial charge in [0.2, 0.25) is 5.91 Å². The summed E-state index contributed by atoms with van der Waals surface area (Å²) in [5, 5.41) is 0. The second-order valence-corrected chi connectivity index (χ2v) is 3.82. The van der Waals surface area contributed by atoms with Gasteiger partial charge in [-0.05, 0) is 34.7 Å². The second kappa shape index (κ2) is 4.36. The lowest BCUT2D eigenvalue weighted by molar-refractivity contribution is -0.117. The average Bonchev–Trinajstić information content (AvgIpc) is 2.03. The molecule has 1 amide bonds. The quantitative estimate of drug-likeness (QED) is 0.518. The topological polar surface area (TPSA) is 60.2 Å². The minimum atomic E-state index is -0.594. The molecule has 0 unspecified atom stereocenters. The number of hydrogen-bond acceptors (Lipinski definition) is 2. The van der Waals surface area contributed by atoms with Gasteiger partial charge in [-0.25, -0.2) is 0 Å². The molecular formula is C9H8INO2. The van der Waals surface area contributed by atoms with Gasteiger partial charge in [0.05, 0.1) is 6.42 Å². The standard InChI is InChI=1S/C9H8INO2/c10-7-3-1-2-6(4-7)8(12)5-9(11)13/h1-4H,5H2,(H2,11,13). The van der Waals surface area contributed by atoms with Gasteiger partial charge < -0.3 is 5.73 Å². The van der Waals surface area contributed by atoms with Crippen LogP contribution in [0, 0.1) is 3.57 Å². The highest BCUT2D eigenvalue weighted by molar-refractivity contribution is 14.1. The van der Waals surface area contributed by atoms with E-state index in [1.54, 1.807) is 18.2 Å². The number of halogens is 1. The Kier molecular flexibility index (Phi) is 3.41. The fourth-order valence-corrected chi connectivity index (χ4v) is 1.47. The molecule has 3 nitrogen and oxygen atoms in total. The minimum Gasteiger partial charge on any atom is -0.369 e. The highest BCUT2D eigenvalue weighted by Gasteiger charge is 2.08. The second-order valence-electron chi connectivity index (χ2n) is 2.58. The number of nitrogens with two attached hydrogens (primary N) is 1. The molecule has 0 spiro atoms. The van der Waals surface area contributed by atoms with Gasteiger partial charge in [0.15, 0.2) is 5.78 Å². The Bertz CT molecular complexity index is 349. The molecule has 0 bridgehead atoms. The predicted octanol–water partition coefficient (Wildman–Crippen LogP) is 1.35. The van der Waals surface area contributed by atoms with E-state index in [-0.39, 0.29) is 12.2 Å². The summed E-state index contributed by atoms with van der Waals surface area (Å²) in [6.45, 7) is 0. The molecule has 0 fully saturated rings. The smallest absolute Gasteiger partial charge is 0.225 e. The molecule has 0 aliphatic rings. The summed E-state index contributed by atoms with van der Waals surface area (Å²) >= 11 is 2.10. The number of amides is 1. The number of Topliss-reactive ketones (excluding diaryl/α,β-unsaturated/α-hetero) is 1. The van der Waals surface area contributed by atoms with Gasteiger partial charge in [0, 0.05) is 9.13 Å². The van der Waals surface area contributed by atoms with Crippen molar-refractivity contribution in [1.29, 1.82) is 0 Å². The SMILES string of the molecule is NC(=O)CC(=O)c1cccc(I)c1. The largest absolute Gasteiger partial charge is 0.369 e. The summed E-state index contributed by atoms with van der Waals surface area (Å²) < 4.78 is 0.966. The zero-order valence-corrected chi connectivity index (χ0v) is 8.95. The van der Waals surface area contributed by atoms with E-state index in [1.165, 1.54) is 0 Å². The van der Waals surface area contributed by atoms with Crippen LogP contribution in [-0.4, -0.2) is 11.7 Å². The first kappa shape index (κ1) is 10.2. The first-order valence-corrected chi connectivity index (χ1v) is 4.74. The van der Waals surface area contributed by atoms with Crippen molar-refractivity contribution < 1.29 is 9.59 Å². The van der Waals surface area contributed by atoms with Crippen LogP contribution in [-0.2, 0) is 4.79 Å². The van der Waals surface area contributed by atoms with Gasteiger partial charge in [-0.2, -0.15) is 0 Å². The van der Waals surface area contributed by atoms with E-state index in [9.17, 15) is 9.59 Å². The maximum atomic E-state index is 11.3. The van der Waals surface area contributed by atoms with Crippen LogP contribution >= 0.6 is 22.6 Å². The summed E-state index contributed by atoms with van der Waals surface area (Å²) in [7, 11) is 0. The highest BCUT2D eigenvalue weighted by Crippen LogP contribution is 2.09. The van der Waals surface area contributed by atoms with Gasteiger partial charge in [-0.1, -0.05) is 12.1 Å². The Labute approximate surface area is 89.5 Å². The Morgan fingerprint density at radius 3 is 2.62 bits per heavy atom. The molecule has 0 saturated carbocycles. The van der Waals surface area contributed by atoms with E-state index in [2.05, 4.69) is 22.6 Å². The number of primary amides is 1. The molecule has 1 aromatic rings. The molecule has 4 heteroatoms. The van der Waals surface area contributed by atoms with Crippen LogP contribution in [0.15, 0.2) is 24.3 Å². The van der Waals surface area contributed by atoms with E-state index in [0.29, 0.717) is 5.56 Å². The number of carbonyl (C=O) groups excluding carboxylic acids is 2. The Balaban J connectivity index is 2.83. The third-order valence-corrected chi connectivity index (χ3v) is 2.15. The fraction of sp³-hybridized carbons (Fsp3) is 0.111. The minimum absolute atomic E-state index is 0.222. The van der Waals surface area contributed by atoms with Crippen molar-refractivity contribution >= 4 is 34.3 Å². The maximum Gasteiger partial charge on any atom is 0.225 e. The van der Waals surface area contributed by atoms with Crippen LogP contribution in [0.5, 0.6) is 0 Å². The molecule has 1 rings (SSSR count). The zero-order chi connectivity index (χ0) is 9.84. The van der Waals surface area contributed by atoms with Crippen LogP contribution in [0.4, 0.5) is 0 Å². The fourth-order valence-electron chi connectivity index (χ4n) is 0.922. The number of hydrogen-bond donors (Lipinski definition) is 1. The van der Waals surface area contributed by atoms with Crippen LogP contribution in [0.1, 0.15) is 16.8 Å². The van der Waals surface area contributed by atoms with Crippen molar-refractivity contribution in [2.45, 2.75) is 6.42 Å². The first-order valence-electron chi connectivity index (χ1n) is 3.66. The van der Waals surface area contributed by atoms with E-state index in [0.717, 1.165) is 3.57 Å². The molecule has 0 aromatic heterocycles. The van der Waals surface area contributed by atoms with E-state index in [4.69, 9.17) is 5.73 Å². The van der Waals surface area contributed by atoms with Crippen molar-refractivity contribution in [3.63, 3.8) is 0 Å². The third-order valence-electron chi connectivity index (χ3n) is 1.48. The van der Waals surface area contributed by atoms with Crippen molar-refractivity contribution in [2.24, 2.45) is 5.73 Å². The summed E-state index contributed by atoms with van der Waals surface area (Å²) in [4.78, 5) is 21.8. The lowest BCUT2D eigenvalue weighted by Crippen LogP contribution is -2.16. The van der Waals surface area contributed by atoms with E-state index in [1.807, 2.05) is 6.07 Å². The number of ketones is 1. The third kappa shape index (κ3) is 3.14. The lowest BCUT2D eigenvalue weighted by atomic mass is 10.1. The van der Waals surface area contributed by atoms with Crippen molar-refractivity contribution in [3.8, 4) is 0 Å². The molecule has 1 aromatic carbocycles. The molecule has 2 N–H and O–H groups in total. The normalized spacial score (nSPS) is 9.62. The summed E-state index contributed by atoms with van der Waals surface area (Å²) in [5.41, 5.74) is 5.44. The van der Waals surface area contributed by atoms with Gasteiger partial charge in [-0.3, -0.25) is 9.59 Å². The molecule has 0 aliphatic heterocycles. The Morgan fingerprint density at radius 1 is 1.38 bits per heavy atom. The van der Waals surface area contributed by atoms with Gasteiger partial charge >= 0.3 is 0 Å². The van der Waals surface area contributed by atoms with E-state index < -0.39 is 5.91 Å². The molecule has 0 radical (unpaired) electrons. The molecular weight excluding hydrogens is 281 g/mol. The zero-order valence-electron chi connectivity index (χ0n) is 6.79. The van der Waals surface area contributed by atoms with Crippen LogP contribution in [0.25, 0.3) is 0 Å². The molecule has 0 heterocycles. The Morgan fingerprint density at radius 2 is 2.08 bits per heavy atom. The predicted molar refractivity (Wildman–Crippen MR) is 57.3 cm³/mol. The molecule has 13 heavy (non-hydrogen) atoms. The van der Waals surface area contributed by atoms with Gasteiger partial charge in [0.25, 0.3) is 0 Å². The summed E-state index contributed by atoms with van der Waals surface area (Å²) in [5.74, 6) is -0.824. The first-order chi connectivity index (χ1) is 6.09. The Hall–Kier alpha value is -0.910.